The molecule has 1 amide bonds. The lowest BCUT2D eigenvalue weighted by atomic mass is 10.3. The zero-order valence-electron chi connectivity index (χ0n) is 13.4. The number of carbonyl (C=O) groups is 1. The molecule has 0 atom stereocenters. The Morgan fingerprint density at radius 1 is 1.21 bits per heavy atom. The van der Waals surface area contributed by atoms with E-state index in [1.54, 1.807) is 37.8 Å². The summed E-state index contributed by atoms with van der Waals surface area (Å²) in [6.07, 6.45) is 0. The van der Waals surface area contributed by atoms with Crippen LogP contribution in [0.2, 0.25) is 0 Å². The van der Waals surface area contributed by atoms with Crippen molar-refractivity contribution < 1.29 is 19.0 Å². The van der Waals surface area contributed by atoms with Crippen molar-refractivity contribution in [1.29, 1.82) is 0 Å². The SMILES string of the molecule is COc1cc(OC)cc(OCCNC(=O)c2csc(CN)n2)c1.Cl. The van der Waals surface area contributed by atoms with Gasteiger partial charge in [-0.1, -0.05) is 0 Å². The number of aromatic nitrogens is 1. The Morgan fingerprint density at radius 2 is 1.83 bits per heavy atom. The van der Waals surface area contributed by atoms with Gasteiger partial charge < -0.3 is 25.3 Å². The largest absolute Gasteiger partial charge is 0.496 e. The summed E-state index contributed by atoms with van der Waals surface area (Å²) in [4.78, 5) is 16.0. The lowest BCUT2D eigenvalue weighted by Crippen LogP contribution is -2.28. The highest BCUT2D eigenvalue weighted by molar-refractivity contribution is 7.09. The summed E-state index contributed by atoms with van der Waals surface area (Å²) in [6.45, 7) is 1.00. The van der Waals surface area contributed by atoms with Crippen molar-refractivity contribution in [2.75, 3.05) is 27.4 Å². The molecule has 132 valence electrons. The lowest BCUT2D eigenvalue weighted by Gasteiger charge is -2.10. The Morgan fingerprint density at radius 3 is 2.38 bits per heavy atom. The van der Waals surface area contributed by atoms with Crippen molar-refractivity contribution in [3.05, 3.63) is 34.3 Å². The van der Waals surface area contributed by atoms with E-state index in [-0.39, 0.29) is 18.3 Å². The Labute approximate surface area is 150 Å². The highest BCUT2D eigenvalue weighted by Crippen LogP contribution is 2.27. The summed E-state index contributed by atoms with van der Waals surface area (Å²) in [7, 11) is 3.14. The molecule has 1 aromatic heterocycles. The van der Waals surface area contributed by atoms with Crippen molar-refractivity contribution in [3.63, 3.8) is 0 Å². The number of hydrogen-bond donors (Lipinski definition) is 2. The van der Waals surface area contributed by atoms with Gasteiger partial charge >= 0.3 is 0 Å². The number of carbonyl (C=O) groups excluding carboxylic acids is 1. The van der Waals surface area contributed by atoms with Gasteiger partial charge in [-0.25, -0.2) is 4.98 Å². The molecule has 7 nitrogen and oxygen atoms in total. The van der Waals surface area contributed by atoms with Crippen LogP contribution in [0, 0.1) is 0 Å². The van der Waals surface area contributed by atoms with Gasteiger partial charge in [0.15, 0.2) is 0 Å². The minimum absolute atomic E-state index is 0. The van der Waals surface area contributed by atoms with E-state index in [9.17, 15) is 4.79 Å². The molecule has 9 heteroatoms. The van der Waals surface area contributed by atoms with Gasteiger partial charge in [0.25, 0.3) is 5.91 Å². The molecule has 0 fully saturated rings. The van der Waals surface area contributed by atoms with Gasteiger partial charge in [-0.3, -0.25) is 4.79 Å². The van der Waals surface area contributed by atoms with Crippen molar-refractivity contribution in [2.45, 2.75) is 6.54 Å². The number of nitrogens with one attached hydrogen (secondary N) is 1. The number of halogens is 1. The first-order valence-corrected chi connectivity index (χ1v) is 7.82. The average Bonchev–Trinajstić information content (AvgIpc) is 3.07. The minimum atomic E-state index is -0.243. The summed E-state index contributed by atoms with van der Waals surface area (Å²) in [6, 6.07) is 5.25. The van der Waals surface area contributed by atoms with E-state index in [2.05, 4.69) is 10.3 Å². The summed E-state index contributed by atoms with van der Waals surface area (Å²) in [5.74, 6) is 1.64. The van der Waals surface area contributed by atoms with E-state index >= 15 is 0 Å². The number of nitrogens with zero attached hydrogens (tertiary/aromatic N) is 1. The zero-order chi connectivity index (χ0) is 16.7. The van der Waals surface area contributed by atoms with Crippen LogP contribution in [0.5, 0.6) is 17.2 Å². The number of methoxy groups -OCH3 is 2. The smallest absolute Gasteiger partial charge is 0.270 e. The van der Waals surface area contributed by atoms with E-state index in [1.165, 1.54) is 11.3 Å². The van der Waals surface area contributed by atoms with Gasteiger partial charge in [-0.2, -0.15) is 0 Å². The van der Waals surface area contributed by atoms with Crippen molar-refractivity contribution >= 4 is 29.7 Å². The van der Waals surface area contributed by atoms with Gasteiger partial charge in [0, 0.05) is 30.1 Å². The van der Waals surface area contributed by atoms with Crippen LogP contribution in [0.15, 0.2) is 23.6 Å². The minimum Gasteiger partial charge on any atom is -0.496 e. The number of amides is 1. The molecule has 0 bridgehead atoms. The zero-order valence-corrected chi connectivity index (χ0v) is 15.0. The molecule has 2 aromatic rings. The maximum Gasteiger partial charge on any atom is 0.270 e. The molecule has 0 aliphatic rings. The Hall–Kier alpha value is -2.03. The third kappa shape index (κ3) is 5.55. The number of hydrogen-bond acceptors (Lipinski definition) is 7. The second-order valence-corrected chi connectivity index (χ2v) is 5.43. The van der Waals surface area contributed by atoms with E-state index < -0.39 is 0 Å². The number of benzene rings is 1. The number of ether oxygens (including phenoxy) is 3. The van der Waals surface area contributed by atoms with Gasteiger partial charge in [0.05, 0.1) is 20.8 Å². The van der Waals surface area contributed by atoms with Crippen molar-refractivity contribution in [2.24, 2.45) is 5.73 Å². The van der Waals surface area contributed by atoms with Crippen LogP contribution in [0.3, 0.4) is 0 Å². The third-order valence-corrected chi connectivity index (χ3v) is 3.81. The molecule has 0 aliphatic heterocycles. The summed E-state index contributed by atoms with van der Waals surface area (Å²) < 4.78 is 15.9. The van der Waals surface area contributed by atoms with Gasteiger partial charge in [-0.05, 0) is 0 Å². The Bertz CT molecular complexity index is 644. The van der Waals surface area contributed by atoms with Crippen LogP contribution >= 0.6 is 23.7 Å². The highest BCUT2D eigenvalue weighted by atomic mass is 35.5. The molecule has 0 aliphatic carbocycles. The molecule has 24 heavy (non-hydrogen) atoms. The van der Waals surface area contributed by atoms with Crippen molar-refractivity contribution in [3.8, 4) is 17.2 Å². The molecule has 0 radical (unpaired) electrons. The average molecular weight is 374 g/mol. The van der Waals surface area contributed by atoms with E-state index in [0.29, 0.717) is 42.6 Å². The van der Waals surface area contributed by atoms with Crippen molar-refractivity contribution in [1.82, 2.24) is 10.3 Å². The van der Waals surface area contributed by atoms with Gasteiger partial charge in [-0.15, -0.1) is 23.7 Å². The lowest BCUT2D eigenvalue weighted by molar-refractivity contribution is 0.0942. The molecule has 1 heterocycles. The predicted molar refractivity (Wildman–Crippen MR) is 94.6 cm³/mol. The fourth-order valence-electron chi connectivity index (χ4n) is 1.80. The van der Waals surface area contributed by atoms with Crippen LogP contribution in [-0.4, -0.2) is 38.3 Å². The van der Waals surface area contributed by atoms with Crippen LogP contribution < -0.4 is 25.3 Å². The topological polar surface area (TPSA) is 95.7 Å². The van der Waals surface area contributed by atoms with Gasteiger partial charge in [0.1, 0.15) is 34.6 Å². The fourth-order valence-corrected chi connectivity index (χ4v) is 2.45. The highest BCUT2D eigenvalue weighted by Gasteiger charge is 2.09. The van der Waals surface area contributed by atoms with Crippen LogP contribution in [-0.2, 0) is 6.54 Å². The van der Waals surface area contributed by atoms with E-state index in [1.807, 2.05) is 0 Å². The maximum absolute atomic E-state index is 11.9. The molecule has 0 saturated carbocycles. The second-order valence-electron chi connectivity index (χ2n) is 4.48. The van der Waals surface area contributed by atoms with E-state index in [4.69, 9.17) is 19.9 Å². The Kier molecular flexibility index (Phi) is 8.31. The number of rotatable bonds is 8. The second kappa shape index (κ2) is 9.96. The summed E-state index contributed by atoms with van der Waals surface area (Å²) in [5.41, 5.74) is 5.85. The first-order valence-electron chi connectivity index (χ1n) is 6.94. The molecule has 0 spiro atoms. The molecular weight excluding hydrogens is 354 g/mol. The summed E-state index contributed by atoms with van der Waals surface area (Å²) >= 11 is 1.37. The fraction of sp³-hybridized carbons (Fsp3) is 0.333. The third-order valence-electron chi connectivity index (χ3n) is 2.94. The molecule has 3 N–H and O–H groups in total. The van der Waals surface area contributed by atoms with Crippen LogP contribution in [0.4, 0.5) is 0 Å². The van der Waals surface area contributed by atoms with Crippen LogP contribution in [0.25, 0.3) is 0 Å². The van der Waals surface area contributed by atoms with Gasteiger partial charge in [0.2, 0.25) is 0 Å². The number of thiazole rings is 1. The first-order chi connectivity index (χ1) is 11.2. The predicted octanol–water partition coefficient (Wildman–Crippen LogP) is 1.85. The standard InChI is InChI=1S/C15H19N3O4S.ClH/c1-20-10-5-11(21-2)7-12(6-10)22-4-3-17-15(19)13-9-23-14(8-16)18-13;/h5-7,9H,3-4,8,16H2,1-2H3,(H,17,19);1H. The molecule has 1 aromatic carbocycles. The molecule has 0 saturated heterocycles. The summed E-state index contributed by atoms with van der Waals surface area (Å²) in [5, 5.41) is 5.16. The molecular formula is C15H20ClN3O4S. The Balaban J connectivity index is 0.00000288. The monoisotopic (exact) mass is 373 g/mol. The first kappa shape index (κ1) is 20.0. The van der Waals surface area contributed by atoms with E-state index in [0.717, 1.165) is 5.01 Å². The number of nitrogens with two attached hydrogens (primary N) is 1. The van der Waals surface area contributed by atoms with Crippen LogP contribution in [0.1, 0.15) is 15.5 Å². The maximum atomic E-state index is 11.9. The quantitative estimate of drug-likeness (QED) is 0.685. The molecule has 0 unspecified atom stereocenters. The molecule has 2 rings (SSSR count). The normalized spacial score (nSPS) is 9.79.